The molecule has 0 spiro atoms. The fourth-order valence-corrected chi connectivity index (χ4v) is 3.54. The van der Waals surface area contributed by atoms with Crippen LogP contribution in [-0.2, 0) is 9.53 Å². The molecule has 154 valence electrons. The Morgan fingerprint density at radius 3 is 2.21 bits per heavy atom. The van der Waals surface area contributed by atoms with Crippen LogP contribution in [0.15, 0.2) is 54.8 Å². The molecule has 0 aliphatic carbocycles. The lowest BCUT2D eigenvalue weighted by molar-refractivity contribution is -0.143. The minimum Gasteiger partial charge on any atom is -0.500 e. The average Bonchev–Trinajstić information content (AvgIpc) is 2.73. The van der Waals surface area contributed by atoms with E-state index in [1.165, 1.54) is 24.3 Å². The average molecular weight is 401 g/mol. The summed E-state index contributed by atoms with van der Waals surface area (Å²) in [5, 5.41) is 9.17. The number of hydrogen-bond donors (Lipinski definition) is 1. The number of carboxylic acid groups (broad SMARTS) is 1. The van der Waals surface area contributed by atoms with Gasteiger partial charge < -0.3 is 14.7 Å². The summed E-state index contributed by atoms with van der Waals surface area (Å²) in [5.74, 6) is -1.66. The molecular formula is C23H25F2NO3. The number of halogens is 2. The van der Waals surface area contributed by atoms with Crippen molar-refractivity contribution in [3.8, 4) is 0 Å². The molecular weight excluding hydrogens is 376 g/mol. The smallest absolute Gasteiger partial charge is 0.307 e. The van der Waals surface area contributed by atoms with E-state index >= 15 is 0 Å². The number of rotatable bonds is 8. The first-order valence-corrected chi connectivity index (χ1v) is 9.82. The van der Waals surface area contributed by atoms with Crippen LogP contribution in [0.5, 0.6) is 0 Å². The summed E-state index contributed by atoms with van der Waals surface area (Å²) in [4.78, 5) is 13.3. The predicted molar refractivity (Wildman–Crippen MR) is 107 cm³/mol. The highest BCUT2D eigenvalue weighted by Gasteiger charge is 2.24. The second-order valence-corrected chi connectivity index (χ2v) is 7.25. The Kier molecular flexibility index (Phi) is 7.36. The highest BCUT2D eigenvalue weighted by Crippen LogP contribution is 2.24. The van der Waals surface area contributed by atoms with Gasteiger partial charge in [-0.05, 0) is 61.2 Å². The number of carboxylic acids is 1. The molecule has 0 aromatic heterocycles. The first-order chi connectivity index (χ1) is 14.0. The molecule has 1 N–H and O–H groups in total. The SMILES string of the molecule is O=C(O)C1CCCN(CCCOC=C(c2ccc(F)cc2)c2ccc(F)cc2)C1. The van der Waals surface area contributed by atoms with Gasteiger partial charge in [0, 0.05) is 18.7 Å². The number of benzene rings is 2. The zero-order valence-corrected chi connectivity index (χ0v) is 16.2. The third kappa shape index (κ3) is 6.12. The van der Waals surface area contributed by atoms with Crippen molar-refractivity contribution in [2.45, 2.75) is 19.3 Å². The van der Waals surface area contributed by atoms with Crippen LogP contribution in [0.4, 0.5) is 8.78 Å². The van der Waals surface area contributed by atoms with Crippen molar-refractivity contribution in [3.63, 3.8) is 0 Å². The highest BCUT2D eigenvalue weighted by molar-refractivity contribution is 5.79. The van der Waals surface area contributed by atoms with Crippen LogP contribution in [0.25, 0.3) is 5.57 Å². The molecule has 1 heterocycles. The Labute approximate surface area is 169 Å². The van der Waals surface area contributed by atoms with Gasteiger partial charge in [-0.15, -0.1) is 0 Å². The van der Waals surface area contributed by atoms with Gasteiger partial charge in [-0.2, -0.15) is 0 Å². The van der Waals surface area contributed by atoms with E-state index in [4.69, 9.17) is 4.74 Å². The van der Waals surface area contributed by atoms with Gasteiger partial charge in [0.25, 0.3) is 0 Å². The molecule has 0 saturated carbocycles. The number of aliphatic carboxylic acids is 1. The zero-order chi connectivity index (χ0) is 20.6. The molecule has 1 unspecified atom stereocenters. The van der Waals surface area contributed by atoms with Crippen LogP contribution in [0, 0.1) is 17.6 Å². The van der Waals surface area contributed by atoms with Gasteiger partial charge in [0.1, 0.15) is 11.6 Å². The topological polar surface area (TPSA) is 49.8 Å². The Hall–Kier alpha value is -2.73. The van der Waals surface area contributed by atoms with Gasteiger partial charge in [0.2, 0.25) is 0 Å². The van der Waals surface area contributed by atoms with Gasteiger partial charge in [0.15, 0.2) is 0 Å². The maximum absolute atomic E-state index is 13.3. The number of nitrogens with zero attached hydrogens (tertiary/aromatic N) is 1. The van der Waals surface area contributed by atoms with Crippen molar-refractivity contribution in [2.24, 2.45) is 5.92 Å². The first kappa shape index (κ1) is 21.0. The lowest BCUT2D eigenvalue weighted by atomic mass is 9.98. The van der Waals surface area contributed by atoms with Crippen LogP contribution in [0.1, 0.15) is 30.4 Å². The van der Waals surface area contributed by atoms with Gasteiger partial charge in [-0.3, -0.25) is 4.79 Å². The monoisotopic (exact) mass is 401 g/mol. The lowest BCUT2D eigenvalue weighted by Gasteiger charge is -2.30. The number of ether oxygens (including phenoxy) is 1. The van der Waals surface area contributed by atoms with Crippen molar-refractivity contribution >= 4 is 11.5 Å². The molecule has 0 bridgehead atoms. The van der Waals surface area contributed by atoms with Crippen molar-refractivity contribution in [2.75, 3.05) is 26.2 Å². The molecule has 0 radical (unpaired) electrons. The van der Waals surface area contributed by atoms with E-state index < -0.39 is 5.97 Å². The third-order valence-electron chi connectivity index (χ3n) is 5.10. The first-order valence-electron chi connectivity index (χ1n) is 9.82. The fraction of sp³-hybridized carbons (Fsp3) is 0.348. The van der Waals surface area contributed by atoms with Crippen molar-refractivity contribution in [1.29, 1.82) is 0 Å². The van der Waals surface area contributed by atoms with Gasteiger partial charge in [-0.1, -0.05) is 24.3 Å². The van der Waals surface area contributed by atoms with Gasteiger partial charge in [0.05, 0.1) is 18.8 Å². The number of piperidine rings is 1. The summed E-state index contributed by atoms with van der Waals surface area (Å²) < 4.78 is 32.3. The van der Waals surface area contributed by atoms with Crippen LogP contribution < -0.4 is 0 Å². The van der Waals surface area contributed by atoms with Crippen LogP contribution in [-0.4, -0.2) is 42.2 Å². The van der Waals surface area contributed by atoms with E-state index in [-0.39, 0.29) is 17.6 Å². The molecule has 1 atom stereocenters. The normalized spacial score (nSPS) is 17.0. The van der Waals surface area contributed by atoms with E-state index in [9.17, 15) is 18.7 Å². The largest absolute Gasteiger partial charge is 0.500 e. The summed E-state index contributed by atoms with van der Waals surface area (Å²) in [6, 6.07) is 12.1. The van der Waals surface area contributed by atoms with Crippen molar-refractivity contribution in [3.05, 3.63) is 77.6 Å². The minimum absolute atomic E-state index is 0.284. The predicted octanol–water partition coefficient (Wildman–Crippen LogP) is 4.56. The molecule has 2 aromatic rings. The fourth-order valence-electron chi connectivity index (χ4n) is 3.54. The van der Waals surface area contributed by atoms with E-state index in [2.05, 4.69) is 4.90 Å². The number of carbonyl (C=O) groups is 1. The summed E-state index contributed by atoms with van der Waals surface area (Å²) in [5.41, 5.74) is 2.30. The standard InChI is InChI=1S/C23H25F2NO3/c24-20-8-4-17(5-9-20)22(18-6-10-21(25)11-7-18)16-29-14-2-13-26-12-1-3-19(15-26)23(27)28/h4-11,16,19H,1-3,12-15H2,(H,27,28). The highest BCUT2D eigenvalue weighted by atomic mass is 19.1. The van der Waals surface area contributed by atoms with Crippen molar-refractivity contribution in [1.82, 2.24) is 4.90 Å². The number of likely N-dealkylation sites (tertiary alicyclic amines) is 1. The molecule has 3 rings (SSSR count). The minimum atomic E-state index is -0.725. The maximum Gasteiger partial charge on any atom is 0.307 e. The quantitative estimate of drug-likeness (QED) is 0.521. The van der Waals surface area contributed by atoms with Gasteiger partial charge in [-0.25, -0.2) is 8.78 Å². The molecule has 6 heteroatoms. The third-order valence-corrected chi connectivity index (χ3v) is 5.10. The molecule has 1 aliphatic rings. The van der Waals surface area contributed by atoms with Crippen molar-refractivity contribution < 1.29 is 23.4 Å². The van der Waals surface area contributed by atoms with Gasteiger partial charge >= 0.3 is 5.97 Å². The molecule has 0 amide bonds. The summed E-state index contributed by atoms with van der Waals surface area (Å²) >= 11 is 0. The van der Waals surface area contributed by atoms with E-state index in [0.29, 0.717) is 13.2 Å². The molecule has 4 nitrogen and oxygen atoms in total. The molecule has 1 aliphatic heterocycles. The molecule has 2 aromatic carbocycles. The molecule has 1 fully saturated rings. The van der Waals surface area contributed by atoms with Crippen LogP contribution >= 0.6 is 0 Å². The zero-order valence-electron chi connectivity index (χ0n) is 16.2. The summed E-state index contributed by atoms with van der Waals surface area (Å²) in [6.45, 7) is 2.75. The second kappa shape index (κ2) is 10.2. The van der Waals surface area contributed by atoms with E-state index in [1.54, 1.807) is 30.5 Å². The lowest BCUT2D eigenvalue weighted by Crippen LogP contribution is -2.39. The Morgan fingerprint density at radius 2 is 1.66 bits per heavy atom. The van der Waals surface area contributed by atoms with Crippen LogP contribution in [0.2, 0.25) is 0 Å². The van der Waals surface area contributed by atoms with E-state index in [0.717, 1.165) is 49.1 Å². The number of hydrogen-bond acceptors (Lipinski definition) is 3. The Balaban J connectivity index is 1.59. The maximum atomic E-state index is 13.3. The van der Waals surface area contributed by atoms with Crippen LogP contribution in [0.3, 0.4) is 0 Å². The Morgan fingerprint density at radius 1 is 1.07 bits per heavy atom. The van der Waals surface area contributed by atoms with E-state index in [1.807, 2.05) is 0 Å². The summed E-state index contributed by atoms with van der Waals surface area (Å²) in [7, 11) is 0. The Bertz CT molecular complexity index is 787. The molecule has 1 saturated heterocycles. The molecule has 29 heavy (non-hydrogen) atoms. The second-order valence-electron chi connectivity index (χ2n) is 7.25. The summed E-state index contributed by atoms with van der Waals surface area (Å²) in [6.07, 6.45) is 4.03.